The van der Waals surface area contributed by atoms with E-state index in [-0.39, 0.29) is 5.91 Å². The number of nitrogens with zero attached hydrogens (tertiary/aromatic N) is 4. The zero-order valence-electron chi connectivity index (χ0n) is 18.7. The smallest absolute Gasteiger partial charge is 0.278 e. The number of rotatable bonds is 7. The summed E-state index contributed by atoms with van der Waals surface area (Å²) in [6, 6.07) is 21.8. The normalized spacial score (nSPS) is 10.8. The number of imidazole rings is 1. The molecular weight excluding hydrogens is 466 g/mol. The van der Waals surface area contributed by atoms with Gasteiger partial charge in [-0.3, -0.25) is 4.79 Å². The van der Waals surface area contributed by atoms with Crippen LogP contribution in [0.15, 0.2) is 89.8 Å². The van der Waals surface area contributed by atoms with Crippen LogP contribution in [-0.4, -0.2) is 32.7 Å². The summed E-state index contributed by atoms with van der Waals surface area (Å²) in [6.45, 7) is 0.592. The molecule has 0 spiro atoms. The molecule has 174 valence electrons. The fourth-order valence-electron chi connectivity index (χ4n) is 3.48. The molecule has 5 aromatic rings. The Morgan fingerprint density at radius 1 is 1.09 bits per heavy atom. The van der Waals surface area contributed by atoms with E-state index in [4.69, 9.17) is 20.9 Å². The van der Waals surface area contributed by atoms with Crippen LogP contribution in [-0.2, 0) is 6.54 Å². The van der Waals surface area contributed by atoms with Crippen molar-refractivity contribution in [2.24, 2.45) is 0 Å². The standard InChI is InChI=1S/C26H20ClN5O3/c1-34-22-11-7-18(8-12-22)24-30-26(35-31-24)23-15-32(16-28-23)14-17-5-9-21(10-6-17)29-25(33)19-3-2-4-20(27)13-19/h2-13,15-16H,14H2,1H3,(H,29,33). The quantitative estimate of drug-likeness (QED) is 0.324. The van der Waals surface area contributed by atoms with Gasteiger partial charge in [0, 0.05) is 34.6 Å². The molecule has 0 fully saturated rings. The second-order valence-electron chi connectivity index (χ2n) is 7.74. The Morgan fingerprint density at radius 2 is 1.89 bits per heavy atom. The molecule has 0 atom stereocenters. The van der Waals surface area contributed by atoms with E-state index in [1.165, 1.54) is 0 Å². The summed E-state index contributed by atoms with van der Waals surface area (Å²) in [5.74, 6) is 1.36. The predicted molar refractivity (Wildman–Crippen MR) is 132 cm³/mol. The number of aromatic nitrogens is 4. The van der Waals surface area contributed by atoms with Gasteiger partial charge >= 0.3 is 0 Å². The molecule has 0 unspecified atom stereocenters. The molecule has 2 heterocycles. The maximum absolute atomic E-state index is 12.4. The zero-order valence-corrected chi connectivity index (χ0v) is 19.4. The number of hydrogen-bond acceptors (Lipinski definition) is 6. The largest absolute Gasteiger partial charge is 0.497 e. The van der Waals surface area contributed by atoms with Crippen molar-refractivity contribution in [3.63, 3.8) is 0 Å². The molecule has 0 aliphatic heterocycles. The topological polar surface area (TPSA) is 95.1 Å². The number of amides is 1. The van der Waals surface area contributed by atoms with Crippen molar-refractivity contribution in [2.75, 3.05) is 12.4 Å². The van der Waals surface area contributed by atoms with E-state index < -0.39 is 0 Å². The Balaban J connectivity index is 1.23. The number of ether oxygens (including phenoxy) is 1. The van der Waals surface area contributed by atoms with E-state index in [1.807, 2.05) is 59.3 Å². The first kappa shape index (κ1) is 22.4. The molecule has 0 saturated carbocycles. The van der Waals surface area contributed by atoms with Crippen LogP contribution in [0.1, 0.15) is 15.9 Å². The SMILES string of the molecule is COc1ccc(-c2noc(-c3cn(Cc4ccc(NC(=O)c5cccc(Cl)c5)cc4)cn3)n2)cc1. The minimum atomic E-state index is -0.215. The second-order valence-corrected chi connectivity index (χ2v) is 8.18. The average Bonchev–Trinajstić information content (AvgIpc) is 3.55. The van der Waals surface area contributed by atoms with Crippen LogP contribution >= 0.6 is 11.6 Å². The van der Waals surface area contributed by atoms with E-state index >= 15 is 0 Å². The number of anilines is 1. The number of carbonyl (C=O) groups is 1. The molecular formula is C26H20ClN5O3. The fraction of sp³-hybridized carbons (Fsp3) is 0.0769. The number of hydrogen-bond donors (Lipinski definition) is 1. The summed E-state index contributed by atoms with van der Waals surface area (Å²) >= 11 is 5.97. The molecule has 0 aliphatic carbocycles. The third-order valence-electron chi connectivity index (χ3n) is 5.29. The van der Waals surface area contributed by atoms with Gasteiger partial charge in [0.1, 0.15) is 11.4 Å². The second kappa shape index (κ2) is 9.82. The Hall–Kier alpha value is -4.43. The molecule has 2 aromatic heterocycles. The molecule has 0 radical (unpaired) electrons. The molecule has 1 N–H and O–H groups in total. The summed E-state index contributed by atoms with van der Waals surface area (Å²) in [4.78, 5) is 21.2. The van der Waals surface area contributed by atoms with Gasteiger partial charge in [-0.15, -0.1) is 0 Å². The average molecular weight is 486 g/mol. The Kier molecular flexibility index (Phi) is 6.28. The minimum Gasteiger partial charge on any atom is -0.497 e. The minimum absolute atomic E-state index is 0.215. The first-order chi connectivity index (χ1) is 17.1. The highest BCUT2D eigenvalue weighted by molar-refractivity contribution is 6.31. The summed E-state index contributed by atoms with van der Waals surface area (Å²) < 4.78 is 12.5. The third-order valence-corrected chi connectivity index (χ3v) is 5.53. The first-order valence-corrected chi connectivity index (χ1v) is 11.1. The van der Waals surface area contributed by atoms with Crippen LogP contribution in [0, 0.1) is 0 Å². The van der Waals surface area contributed by atoms with Gasteiger partial charge in [-0.05, 0) is 60.2 Å². The van der Waals surface area contributed by atoms with E-state index in [0.29, 0.717) is 40.2 Å². The van der Waals surface area contributed by atoms with Crippen molar-refractivity contribution in [1.29, 1.82) is 0 Å². The van der Waals surface area contributed by atoms with Crippen molar-refractivity contribution < 1.29 is 14.1 Å². The molecule has 9 heteroatoms. The van der Waals surface area contributed by atoms with Crippen molar-refractivity contribution in [3.8, 4) is 28.7 Å². The van der Waals surface area contributed by atoms with Gasteiger partial charge in [0.05, 0.1) is 13.4 Å². The molecule has 8 nitrogen and oxygen atoms in total. The van der Waals surface area contributed by atoms with Gasteiger partial charge in [-0.25, -0.2) is 4.98 Å². The van der Waals surface area contributed by atoms with Crippen molar-refractivity contribution in [3.05, 3.63) is 101 Å². The summed E-state index contributed by atoms with van der Waals surface area (Å²) in [5.41, 5.74) is 3.65. The van der Waals surface area contributed by atoms with Crippen molar-refractivity contribution in [1.82, 2.24) is 19.7 Å². The third kappa shape index (κ3) is 5.23. The lowest BCUT2D eigenvalue weighted by Gasteiger charge is -2.07. The summed E-state index contributed by atoms with van der Waals surface area (Å²) in [6.07, 6.45) is 3.56. The van der Waals surface area contributed by atoms with Crippen LogP contribution in [0.3, 0.4) is 0 Å². The van der Waals surface area contributed by atoms with Gasteiger partial charge < -0.3 is 19.1 Å². The first-order valence-electron chi connectivity index (χ1n) is 10.7. The Morgan fingerprint density at radius 3 is 2.63 bits per heavy atom. The summed E-state index contributed by atoms with van der Waals surface area (Å²) in [7, 11) is 1.62. The lowest BCUT2D eigenvalue weighted by atomic mass is 10.2. The molecule has 5 rings (SSSR count). The fourth-order valence-corrected chi connectivity index (χ4v) is 3.67. The highest BCUT2D eigenvalue weighted by Gasteiger charge is 2.13. The molecule has 3 aromatic carbocycles. The molecule has 0 bridgehead atoms. The van der Waals surface area contributed by atoms with Gasteiger partial charge in [0.2, 0.25) is 5.82 Å². The number of methoxy groups -OCH3 is 1. The van der Waals surface area contributed by atoms with E-state index in [2.05, 4.69) is 20.4 Å². The van der Waals surface area contributed by atoms with E-state index in [9.17, 15) is 4.79 Å². The molecule has 35 heavy (non-hydrogen) atoms. The van der Waals surface area contributed by atoms with E-state index in [0.717, 1.165) is 16.9 Å². The predicted octanol–water partition coefficient (Wildman–Crippen LogP) is 5.56. The van der Waals surface area contributed by atoms with Crippen LogP contribution < -0.4 is 10.1 Å². The van der Waals surface area contributed by atoms with Gasteiger partial charge in [0.25, 0.3) is 11.8 Å². The lowest BCUT2D eigenvalue weighted by Crippen LogP contribution is -2.11. The van der Waals surface area contributed by atoms with Gasteiger partial charge in [-0.1, -0.05) is 35.0 Å². The number of carbonyl (C=O) groups excluding carboxylic acids is 1. The van der Waals surface area contributed by atoms with Crippen molar-refractivity contribution >= 4 is 23.2 Å². The van der Waals surface area contributed by atoms with Crippen LogP contribution in [0.2, 0.25) is 5.02 Å². The number of benzene rings is 3. The van der Waals surface area contributed by atoms with Crippen LogP contribution in [0.25, 0.3) is 23.0 Å². The monoisotopic (exact) mass is 485 g/mol. The summed E-state index contributed by atoms with van der Waals surface area (Å²) in [5, 5.41) is 7.45. The van der Waals surface area contributed by atoms with Crippen molar-refractivity contribution in [2.45, 2.75) is 6.54 Å². The molecule has 0 aliphatic rings. The number of nitrogens with one attached hydrogen (secondary N) is 1. The zero-order chi connectivity index (χ0) is 24.2. The maximum Gasteiger partial charge on any atom is 0.278 e. The van der Waals surface area contributed by atoms with Gasteiger partial charge in [0.15, 0.2) is 0 Å². The lowest BCUT2D eigenvalue weighted by molar-refractivity contribution is 0.102. The molecule has 0 saturated heterocycles. The highest BCUT2D eigenvalue weighted by Crippen LogP contribution is 2.23. The Bertz CT molecular complexity index is 1460. The highest BCUT2D eigenvalue weighted by atomic mass is 35.5. The number of halogens is 1. The maximum atomic E-state index is 12.4. The van der Waals surface area contributed by atoms with Crippen LogP contribution in [0.4, 0.5) is 5.69 Å². The van der Waals surface area contributed by atoms with Gasteiger partial charge in [-0.2, -0.15) is 4.98 Å². The van der Waals surface area contributed by atoms with Crippen LogP contribution in [0.5, 0.6) is 5.75 Å². The Labute approximate surface area is 206 Å². The van der Waals surface area contributed by atoms with E-state index in [1.54, 1.807) is 37.7 Å². The molecule has 1 amide bonds.